The fourth-order valence-electron chi connectivity index (χ4n) is 2.26. The average Bonchev–Trinajstić information content (AvgIpc) is 2.46. The lowest BCUT2D eigenvalue weighted by Crippen LogP contribution is -2.17. The van der Waals surface area contributed by atoms with Gasteiger partial charge in [0.05, 0.1) is 18.3 Å². The van der Waals surface area contributed by atoms with E-state index in [1.807, 2.05) is 18.2 Å². The van der Waals surface area contributed by atoms with Crippen molar-refractivity contribution in [2.75, 3.05) is 13.2 Å². The van der Waals surface area contributed by atoms with Crippen LogP contribution in [0.2, 0.25) is 0 Å². The van der Waals surface area contributed by atoms with Gasteiger partial charge < -0.3 is 9.47 Å². The maximum Gasteiger partial charge on any atom is 0.338 e. The second kappa shape index (κ2) is 8.54. The normalized spacial score (nSPS) is 20.7. The number of benzene rings is 1. The van der Waals surface area contributed by atoms with Crippen LogP contribution in [0.15, 0.2) is 42.5 Å². The molecule has 0 amide bonds. The number of allylic oxidation sites excluding steroid dienone is 1. The summed E-state index contributed by atoms with van der Waals surface area (Å²) in [5, 5.41) is 0. The van der Waals surface area contributed by atoms with Crippen molar-refractivity contribution in [1.82, 2.24) is 0 Å². The van der Waals surface area contributed by atoms with Crippen LogP contribution in [0.4, 0.5) is 0 Å². The Labute approximate surface area is 120 Å². The van der Waals surface area contributed by atoms with Gasteiger partial charge in [-0.25, -0.2) is 4.79 Å². The topological polar surface area (TPSA) is 35.5 Å². The minimum atomic E-state index is -0.289. The highest BCUT2D eigenvalue weighted by atomic mass is 16.6. The van der Waals surface area contributed by atoms with Gasteiger partial charge in [-0.05, 0) is 31.4 Å². The lowest BCUT2D eigenvalue weighted by Gasteiger charge is -2.16. The molecule has 0 radical (unpaired) electrons. The molecule has 3 nitrogen and oxygen atoms in total. The van der Waals surface area contributed by atoms with Crippen LogP contribution >= 0.6 is 0 Å². The highest BCUT2D eigenvalue weighted by molar-refractivity contribution is 5.89. The molecule has 1 aliphatic rings. The molecular formula is C17H22O3. The van der Waals surface area contributed by atoms with E-state index in [2.05, 4.69) is 12.2 Å². The molecule has 2 rings (SSSR count). The minimum absolute atomic E-state index is 0.172. The Balaban J connectivity index is 1.65. The van der Waals surface area contributed by atoms with Crippen LogP contribution in [0.3, 0.4) is 0 Å². The van der Waals surface area contributed by atoms with Gasteiger partial charge in [-0.2, -0.15) is 0 Å². The van der Waals surface area contributed by atoms with Crippen LogP contribution in [0.5, 0.6) is 0 Å². The predicted octanol–water partition coefficient (Wildman–Crippen LogP) is 3.75. The molecular weight excluding hydrogens is 252 g/mol. The van der Waals surface area contributed by atoms with Crippen LogP contribution in [0.1, 0.15) is 42.5 Å². The van der Waals surface area contributed by atoms with E-state index in [9.17, 15) is 4.79 Å². The molecule has 0 aromatic heterocycles. The van der Waals surface area contributed by atoms with Crippen LogP contribution in [-0.4, -0.2) is 25.3 Å². The van der Waals surface area contributed by atoms with Crippen molar-refractivity contribution >= 4 is 5.97 Å². The Hall–Kier alpha value is -1.61. The van der Waals surface area contributed by atoms with E-state index in [-0.39, 0.29) is 12.1 Å². The maximum atomic E-state index is 11.7. The Kier molecular flexibility index (Phi) is 6.32. The Morgan fingerprint density at radius 2 is 1.95 bits per heavy atom. The van der Waals surface area contributed by atoms with Crippen LogP contribution in [0, 0.1) is 0 Å². The zero-order valence-corrected chi connectivity index (χ0v) is 11.8. The predicted molar refractivity (Wildman–Crippen MR) is 78.7 cm³/mol. The largest absolute Gasteiger partial charge is 0.460 e. The van der Waals surface area contributed by atoms with Crippen LogP contribution in [-0.2, 0) is 9.47 Å². The smallest absolute Gasteiger partial charge is 0.338 e. The number of carbonyl (C=O) groups is 1. The molecule has 1 atom stereocenters. The molecule has 0 bridgehead atoms. The van der Waals surface area contributed by atoms with Crippen molar-refractivity contribution in [1.29, 1.82) is 0 Å². The van der Waals surface area contributed by atoms with Gasteiger partial charge in [-0.3, -0.25) is 0 Å². The molecule has 0 saturated heterocycles. The average molecular weight is 274 g/mol. The fraction of sp³-hybridized carbons (Fsp3) is 0.471. The summed E-state index contributed by atoms with van der Waals surface area (Å²) < 4.78 is 10.9. The summed E-state index contributed by atoms with van der Waals surface area (Å²) in [6, 6.07) is 9.03. The Morgan fingerprint density at radius 1 is 1.10 bits per heavy atom. The zero-order valence-electron chi connectivity index (χ0n) is 11.8. The Morgan fingerprint density at radius 3 is 2.80 bits per heavy atom. The quantitative estimate of drug-likeness (QED) is 0.466. The van der Waals surface area contributed by atoms with E-state index in [4.69, 9.17) is 9.47 Å². The van der Waals surface area contributed by atoms with Crippen molar-refractivity contribution in [2.24, 2.45) is 0 Å². The van der Waals surface area contributed by atoms with Crippen molar-refractivity contribution in [3.8, 4) is 0 Å². The summed E-state index contributed by atoms with van der Waals surface area (Å²) in [4.78, 5) is 11.7. The number of esters is 1. The molecule has 0 aliphatic heterocycles. The summed E-state index contributed by atoms with van der Waals surface area (Å²) in [6.07, 6.45) is 10.5. The summed E-state index contributed by atoms with van der Waals surface area (Å²) in [5.74, 6) is -0.289. The van der Waals surface area contributed by atoms with Crippen molar-refractivity contribution < 1.29 is 14.3 Å². The SMILES string of the molecule is O=C(OCCOC1/C=C\CCCCC1)c1ccccc1. The second-order valence-corrected chi connectivity index (χ2v) is 4.98. The van der Waals surface area contributed by atoms with Gasteiger partial charge in [0.15, 0.2) is 0 Å². The van der Waals surface area contributed by atoms with Gasteiger partial charge in [0.25, 0.3) is 0 Å². The maximum absolute atomic E-state index is 11.7. The molecule has 1 aromatic carbocycles. The molecule has 20 heavy (non-hydrogen) atoms. The lowest BCUT2D eigenvalue weighted by molar-refractivity contribution is 0.0175. The summed E-state index contributed by atoms with van der Waals surface area (Å²) in [6.45, 7) is 0.756. The minimum Gasteiger partial charge on any atom is -0.460 e. The molecule has 1 unspecified atom stereocenters. The first-order chi connectivity index (χ1) is 9.86. The third-order valence-corrected chi connectivity index (χ3v) is 3.37. The number of hydrogen-bond donors (Lipinski definition) is 0. The number of hydrogen-bond acceptors (Lipinski definition) is 3. The third-order valence-electron chi connectivity index (χ3n) is 3.37. The summed E-state index contributed by atoms with van der Waals surface area (Å²) in [5.41, 5.74) is 0.582. The fourth-order valence-corrected chi connectivity index (χ4v) is 2.26. The Bertz CT molecular complexity index is 425. The van der Waals surface area contributed by atoms with Gasteiger partial charge >= 0.3 is 5.97 Å². The summed E-state index contributed by atoms with van der Waals surface area (Å²) in [7, 11) is 0. The molecule has 0 N–H and O–H groups in total. The van der Waals surface area contributed by atoms with Gasteiger partial charge in [-0.1, -0.05) is 43.2 Å². The molecule has 0 heterocycles. The van der Waals surface area contributed by atoms with Crippen molar-refractivity contribution in [3.63, 3.8) is 0 Å². The molecule has 0 fully saturated rings. The zero-order chi connectivity index (χ0) is 14.0. The lowest BCUT2D eigenvalue weighted by atomic mass is 10.0. The first kappa shape index (κ1) is 14.8. The van der Waals surface area contributed by atoms with Crippen molar-refractivity contribution in [3.05, 3.63) is 48.0 Å². The van der Waals surface area contributed by atoms with Gasteiger partial charge in [0.1, 0.15) is 6.61 Å². The molecule has 108 valence electrons. The van der Waals surface area contributed by atoms with E-state index >= 15 is 0 Å². The highest BCUT2D eigenvalue weighted by Crippen LogP contribution is 2.14. The molecule has 3 heteroatoms. The number of ether oxygens (including phenoxy) is 2. The molecule has 1 aromatic rings. The second-order valence-electron chi connectivity index (χ2n) is 4.98. The molecule has 0 spiro atoms. The first-order valence-electron chi connectivity index (χ1n) is 7.37. The van der Waals surface area contributed by atoms with Crippen LogP contribution in [0.25, 0.3) is 0 Å². The third kappa shape index (κ3) is 5.17. The number of carbonyl (C=O) groups excluding carboxylic acids is 1. The first-order valence-corrected chi connectivity index (χ1v) is 7.37. The van der Waals surface area contributed by atoms with E-state index in [0.29, 0.717) is 18.8 Å². The van der Waals surface area contributed by atoms with E-state index in [0.717, 1.165) is 12.8 Å². The van der Waals surface area contributed by atoms with E-state index < -0.39 is 0 Å². The van der Waals surface area contributed by atoms with Gasteiger partial charge in [-0.15, -0.1) is 0 Å². The highest BCUT2D eigenvalue weighted by Gasteiger charge is 2.09. The molecule has 0 saturated carbocycles. The standard InChI is InChI=1S/C17H22O3/c18-17(15-9-5-4-6-10-15)20-14-13-19-16-11-7-2-1-3-8-12-16/h4-7,9-11,16H,1-3,8,12-14H2/b11-7-. The van der Waals surface area contributed by atoms with Crippen molar-refractivity contribution in [2.45, 2.75) is 38.2 Å². The monoisotopic (exact) mass is 274 g/mol. The van der Waals surface area contributed by atoms with Crippen LogP contribution < -0.4 is 0 Å². The molecule has 1 aliphatic carbocycles. The van der Waals surface area contributed by atoms with E-state index in [1.165, 1.54) is 19.3 Å². The number of rotatable bonds is 5. The van der Waals surface area contributed by atoms with E-state index in [1.54, 1.807) is 12.1 Å². The summed E-state index contributed by atoms with van der Waals surface area (Å²) >= 11 is 0. The van der Waals surface area contributed by atoms with Gasteiger partial charge in [0.2, 0.25) is 0 Å². The van der Waals surface area contributed by atoms with Gasteiger partial charge in [0, 0.05) is 0 Å².